The van der Waals surface area contributed by atoms with Gasteiger partial charge in [-0.25, -0.2) is 0 Å². The van der Waals surface area contributed by atoms with Gasteiger partial charge in [0.1, 0.15) is 11.4 Å². The first-order chi connectivity index (χ1) is 17.1. The van der Waals surface area contributed by atoms with Crippen LogP contribution >= 0.6 is 0 Å². The molecule has 2 heterocycles. The van der Waals surface area contributed by atoms with Crippen molar-refractivity contribution in [2.45, 2.75) is 25.8 Å². The molecule has 2 aliphatic heterocycles. The zero-order valence-corrected chi connectivity index (χ0v) is 19.9. The molecule has 1 N–H and O–H groups in total. The minimum Gasteiger partial charge on any atom is -0.497 e. The Balaban J connectivity index is 1.42. The van der Waals surface area contributed by atoms with Crippen molar-refractivity contribution in [1.82, 2.24) is 4.90 Å². The number of nitrogens with zero attached hydrogens (tertiary/aromatic N) is 2. The quantitative estimate of drug-likeness (QED) is 0.491. The highest BCUT2D eigenvalue weighted by molar-refractivity contribution is 6.36. The van der Waals surface area contributed by atoms with Gasteiger partial charge in [0, 0.05) is 24.5 Å². The minimum absolute atomic E-state index is 0.192. The molecule has 0 atom stereocenters. The van der Waals surface area contributed by atoms with Crippen molar-refractivity contribution in [2.24, 2.45) is 0 Å². The maximum atomic E-state index is 13.5. The molecule has 35 heavy (non-hydrogen) atoms. The van der Waals surface area contributed by atoms with Crippen LogP contribution in [0.2, 0.25) is 0 Å². The van der Waals surface area contributed by atoms with Crippen molar-refractivity contribution in [3.63, 3.8) is 0 Å². The Labute approximate surface area is 205 Å². The van der Waals surface area contributed by atoms with Gasteiger partial charge in [-0.15, -0.1) is 0 Å². The molecule has 1 saturated heterocycles. The number of ether oxygens (including phenoxy) is 1. The summed E-state index contributed by atoms with van der Waals surface area (Å²) < 4.78 is 5.22. The number of imide groups is 1. The van der Waals surface area contributed by atoms with Gasteiger partial charge in [-0.2, -0.15) is 0 Å². The van der Waals surface area contributed by atoms with Gasteiger partial charge in [0.05, 0.1) is 19.2 Å². The number of amides is 2. The molecule has 3 aromatic rings. The number of methoxy groups -OCH3 is 1. The molecule has 0 spiro atoms. The summed E-state index contributed by atoms with van der Waals surface area (Å²) in [5, 5.41) is 3.26. The first kappa shape index (κ1) is 22.7. The van der Waals surface area contributed by atoms with E-state index in [0.29, 0.717) is 11.3 Å². The number of nitrogens with one attached hydrogen (secondary N) is 1. The Morgan fingerprint density at radius 1 is 0.800 bits per heavy atom. The third-order valence-corrected chi connectivity index (χ3v) is 6.59. The van der Waals surface area contributed by atoms with E-state index in [1.807, 2.05) is 66.7 Å². The largest absolute Gasteiger partial charge is 0.497 e. The van der Waals surface area contributed by atoms with E-state index in [0.717, 1.165) is 35.7 Å². The molecule has 0 aromatic heterocycles. The summed E-state index contributed by atoms with van der Waals surface area (Å²) in [6.07, 6.45) is 3.72. The standard InChI is InChI=1S/C29H29N3O3/c1-35-25-16-10-21(11-17-25)20-32-28(33)26(22-8-4-2-5-9-22)27(29(32)34)30-23-12-14-24(15-13-23)31-18-6-3-7-19-31/h2,4-5,8-17,30H,3,6-7,18-20H2,1H3. The molecular formula is C29H29N3O3. The number of carbonyl (C=O) groups is 2. The monoisotopic (exact) mass is 467 g/mol. The molecule has 0 saturated carbocycles. The van der Waals surface area contributed by atoms with Gasteiger partial charge in [0.25, 0.3) is 11.8 Å². The Kier molecular flexibility index (Phi) is 6.53. The first-order valence-electron chi connectivity index (χ1n) is 12.0. The van der Waals surface area contributed by atoms with E-state index in [1.54, 1.807) is 7.11 Å². The van der Waals surface area contributed by atoms with Crippen molar-refractivity contribution in [2.75, 3.05) is 30.4 Å². The second-order valence-corrected chi connectivity index (χ2v) is 8.88. The number of hydrogen-bond donors (Lipinski definition) is 1. The maximum absolute atomic E-state index is 13.5. The van der Waals surface area contributed by atoms with Crippen LogP contribution < -0.4 is 15.0 Å². The van der Waals surface area contributed by atoms with Gasteiger partial charge in [-0.05, 0) is 66.8 Å². The maximum Gasteiger partial charge on any atom is 0.278 e. The third kappa shape index (κ3) is 4.78. The van der Waals surface area contributed by atoms with Crippen molar-refractivity contribution >= 4 is 28.8 Å². The number of carbonyl (C=O) groups excluding carboxylic acids is 2. The lowest BCUT2D eigenvalue weighted by Gasteiger charge is -2.28. The summed E-state index contributed by atoms with van der Waals surface area (Å²) >= 11 is 0. The Morgan fingerprint density at radius 3 is 2.14 bits per heavy atom. The van der Waals surface area contributed by atoms with Gasteiger partial charge in [-0.1, -0.05) is 42.5 Å². The van der Waals surface area contributed by atoms with Gasteiger partial charge < -0.3 is 15.0 Å². The topological polar surface area (TPSA) is 61.9 Å². The van der Waals surface area contributed by atoms with Crippen LogP contribution in [0.25, 0.3) is 5.57 Å². The molecule has 0 bridgehead atoms. The van der Waals surface area contributed by atoms with E-state index < -0.39 is 0 Å². The average Bonchev–Trinajstić information content (AvgIpc) is 3.14. The smallest absolute Gasteiger partial charge is 0.278 e. The van der Waals surface area contributed by atoms with Gasteiger partial charge in [-0.3, -0.25) is 14.5 Å². The van der Waals surface area contributed by atoms with E-state index in [4.69, 9.17) is 4.74 Å². The zero-order chi connectivity index (χ0) is 24.2. The summed E-state index contributed by atoms with van der Waals surface area (Å²) in [5.41, 5.74) is 4.23. The van der Waals surface area contributed by atoms with Crippen LogP contribution in [0.4, 0.5) is 11.4 Å². The molecule has 5 rings (SSSR count). The van der Waals surface area contributed by atoms with Crippen LogP contribution in [0.15, 0.2) is 84.6 Å². The Morgan fingerprint density at radius 2 is 1.49 bits per heavy atom. The van der Waals surface area contributed by atoms with Gasteiger partial charge in [0.15, 0.2) is 0 Å². The van der Waals surface area contributed by atoms with Crippen molar-refractivity contribution < 1.29 is 14.3 Å². The lowest BCUT2D eigenvalue weighted by atomic mass is 10.0. The lowest BCUT2D eigenvalue weighted by molar-refractivity contribution is -0.137. The normalized spacial score (nSPS) is 16.1. The summed E-state index contributed by atoms with van der Waals surface area (Å²) in [5.74, 6) is 0.0977. The molecular weight excluding hydrogens is 438 g/mol. The molecule has 6 heteroatoms. The second-order valence-electron chi connectivity index (χ2n) is 8.88. The number of rotatable bonds is 7. The molecule has 3 aromatic carbocycles. The predicted molar refractivity (Wildman–Crippen MR) is 138 cm³/mol. The molecule has 2 amide bonds. The molecule has 0 aliphatic carbocycles. The van der Waals surface area contributed by atoms with E-state index >= 15 is 0 Å². The predicted octanol–water partition coefficient (Wildman–Crippen LogP) is 5.08. The molecule has 178 valence electrons. The summed E-state index contributed by atoms with van der Waals surface area (Å²) in [6, 6.07) is 24.9. The van der Waals surface area contributed by atoms with E-state index in [9.17, 15) is 9.59 Å². The van der Waals surface area contributed by atoms with E-state index in [-0.39, 0.29) is 18.4 Å². The number of benzene rings is 3. The summed E-state index contributed by atoms with van der Waals surface area (Å²) in [7, 11) is 1.61. The zero-order valence-electron chi connectivity index (χ0n) is 19.9. The molecule has 0 unspecified atom stereocenters. The fourth-order valence-corrected chi connectivity index (χ4v) is 4.67. The Bertz CT molecular complexity index is 1230. The van der Waals surface area contributed by atoms with E-state index in [1.165, 1.54) is 29.8 Å². The molecule has 6 nitrogen and oxygen atoms in total. The number of piperidine rings is 1. The lowest BCUT2D eigenvalue weighted by Crippen LogP contribution is -2.32. The number of anilines is 2. The minimum atomic E-state index is -0.329. The first-order valence-corrected chi connectivity index (χ1v) is 12.0. The van der Waals surface area contributed by atoms with Crippen LogP contribution in [0.5, 0.6) is 5.75 Å². The highest BCUT2D eigenvalue weighted by Crippen LogP contribution is 2.32. The summed E-state index contributed by atoms with van der Waals surface area (Å²) in [6.45, 7) is 2.34. The van der Waals surface area contributed by atoms with Crippen LogP contribution in [0, 0.1) is 0 Å². The SMILES string of the molecule is COc1ccc(CN2C(=O)C(Nc3ccc(N4CCCCC4)cc3)=C(c3ccccc3)C2=O)cc1. The van der Waals surface area contributed by atoms with E-state index in [2.05, 4.69) is 22.3 Å². The van der Waals surface area contributed by atoms with Crippen molar-refractivity contribution in [3.8, 4) is 5.75 Å². The Hall–Kier alpha value is -4.06. The van der Waals surface area contributed by atoms with Crippen LogP contribution in [0.1, 0.15) is 30.4 Å². The molecule has 1 fully saturated rings. The molecule has 0 radical (unpaired) electrons. The highest BCUT2D eigenvalue weighted by Gasteiger charge is 2.39. The van der Waals surface area contributed by atoms with Crippen LogP contribution in [-0.2, 0) is 16.1 Å². The third-order valence-electron chi connectivity index (χ3n) is 6.59. The van der Waals surface area contributed by atoms with Gasteiger partial charge >= 0.3 is 0 Å². The fraction of sp³-hybridized carbons (Fsp3) is 0.241. The summed E-state index contributed by atoms with van der Waals surface area (Å²) in [4.78, 5) is 30.7. The fourth-order valence-electron chi connectivity index (χ4n) is 4.67. The second kappa shape index (κ2) is 10.1. The van der Waals surface area contributed by atoms with Crippen LogP contribution in [-0.4, -0.2) is 36.9 Å². The average molecular weight is 468 g/mol. The van der Waals surface area contributed by atoms with Crippen molar-refractivity contribution in [1.29, 1.82) is 0 Å². The van der Waals surface area contributed by atoms with Crippen molar-refractivity contribution in [3.05, 3.63) is 95.7 Å². The number of hydrogen-bond acceptors (Lipinski definition) is 5. The van der Waals surface area contributed by atoms with Gasteiger partial charge in [0.2, 0.25) is 0 Å². The highest BCUT2D eigenvalue weighted by atomic mass is 16.5. The van der Waals surface area contributed by atoms with Crippen LogP contribution in [0.3, 0.4) is 0 Å². The molecule has 2 aliphatic rings.